The minimum absolute atomic E-state index is 0.0920. The van der Waals surface area contributed by atoms with Crippen molar-refractivity contribution in [1.82, 2.24) is 0 Å². The summed E-state index contributed by atoms with van der Waals surface area (Å²) < 4.78 is 6.24. The van der Waals surface area contributed by atoms with E-state index >= 15 is 0 Å². The van der Waals surface area contributed by atoms with Gasteiger partial charge in [-0.15, -0.1) is 11.3 Å². The summed E-state index contributed by atoms with van der Waals surface area (Å²) in [7, 11) is 0. The summed E-state index contributed by atoms with van der Waals surface area (Å²) in [6.07, 6.45) is 1.09. The molecule has 0 spiro atoms. The first kappa shape index (κ1) is 15.1. The third-order valence-corrected chi connectivity index (χ3v) is 6.25. The number of hydrogen-bond donors (Lipinski definition) is 0. The van der Waals surface area contributed by atoms with Gasteiger partial charge in [0.2, 0.25) is 5.78 Å². The Labute approximate surface area is 141 Å². The van der Waals surface area contributed by atoms with Crippen LogP contribution in [0.5, 0.6) is 5.75 Å². The van der Waals surface area contributed by atoms with Gasteiger partial charge in [-0.25, -0.2) is 0 Å². The molecule has 1 aliphatic heterocycles. The number of thiophene rings is 1. The van der Waals surface area contributed by atoms with Crippen LogP contribution in [0, 0.1) is 0 Å². The van der Waals surface area contributed by atoms with Crippen LogP contribution in [0.2, 0.25) is 0 Å². The van der Waals surface area contributed by atoms with Gasteiger partial charge in [-0.1, -0.05) is 0 Å². The molecule has 0 bridgehead atoms. The second-order valence-electron chi connectivity index (χ2n) is 4.77. The highest BCUT2D eigenvalue weighted by molar-refractivity contribution is 9.10. The fourth-order valence-corrected chi connectivity index (χ4v) is 5.19. The monoisotopic (exact) mass is 382 g/mol. The third-order valence-electron chi connectivity index (χ3n) is 3.35. The normalized spacial score (nSPS) is 13.8. The summed E-state index contributed by atoms with van der Waals surface area (Å²) in [6, 6.07) is 7.62. The predicted molar refractivity (Wildman–Crippen MR) is 92.9 cm³/mol. The number of fused-ring (bicyclic) bond motifs is 1. The SMILES string of the molecule is CCOc1ccc(C(=O)c2cc3c(s2)CCSC3)c(Br)c1. The fourth-order valence-electron chi connectivity index (χ4n) is 2.33. The Morgan fingerprint density at radius 1 is 1.38 bits per heavy atom. The molecule has 1 aliphatic rings. The van der Waals surface area contributed by atoms with E-state index in [4.69, 9.17) is 4.74 Å². The highest BCUT2D eigenvalue weighted by Crippen LogP contribution is 2.34. The zero-order valence-corrected chi connectivity index (χ0v) is 14.9. The van der Waals surface area contributed by atoms with Gasteiger partial charge >= 0.3 is 0 Å². The van der Waals surface area contributed by atoms with Gasteiger partial charge in [0.1, 0.15) is 5.75 Å². The van der Waals surface area contributed by atoms with Gasteiger partial charge in [0.05, 0.1) is 11.5 Å². The van der Waals surface area contributed by atoms with Crippen molar-refractivity contribution in [3.8, 4) is 5.75 Å². The minimum atomic E-state index is 0.0920. The number of benzene rings is 1. The van der Waals surface area contributed by atoms with Gasteiger partial charge in [0.15, 0.2) is 0 Å². The van der Waals surface area contributed by atoms with Crippen LogP contribution in [0.4, 0.5) is 0 Å². The highest BCUT2D eigenvalue weighted by atomic mass is 79.9. The molecule has 0 saturated heterocycles. The fraction of sp³-hybridized carbons (Fsp3) is 0.312. The van der Waals surface area contributed by atoms with Crippen LogP contribution in [0.25, 0.3) is 0 Å². The van der Waals surface area contributed by atoms with E-state index in [1.165, 1.54) is 10.4 Å². The Bertz CT molecular complexity index is 655. The Kier molecular flexibility index (Phi) is 4.72. The van der Waals surface area contributed by atoms with Gasteiger partial charge in [0.25, 0.3) is 0 Å². The van der Waals surface area contributed by atoms with Crippen LogP contribution in [0.1, 0.15) is 32.6 Å². The van der Waals surface area contributed by atoms with E-state index < -0.39 is 0 Å². The van der Waals surface area contributed by atoms with E-state index in [9.17, 15) is 4.79 Å². The van der Waals surface area contributed by atoms with E-state index in [1.807, 2.05) is 36.9 Å². The van der Waals surface area contributed by atoms with Gasteiger partial charge in [-0.05, 0) is 64.9 Å². The van der Waals surface area contributed by atoms with E-state index in [0.717, 1.165) is 33.0 Å². The summed E-state index contributed by atoms with van der Waals surface area (Å²) >= 11 is 7.07. The van der Waals surface area contributed by atoms with Gasteiger partial charge < -0.3 is 4.74 Å². The van der Waals surface area contributed by atoms with E-state index in [1.54, 1.807) is 11.3 Å². The van der Waals surface area contributed by atoms with E-state index in [-0.39, 0.29) is 5.78 Å². The zero-order chi connectivity index (χ0) is 14.8. The maximum atomic E-state index is 12.7. The first-order chi connectivity index (χ1) is 10.2. The second kappa shape index (κ2) is 6.55. The first-order valence-electron chi connectivity index (χ1n) is 6.85. The van der Waals surface area contributed by atoms with Crippen LogP contribution < -0.4 is 4.74 Å². The molecule has 0 saturated carbocycles. The van der Waals surface area contributed by atoms with E-state index in [0.29, 0.717) is 12.2 Å². The molecule has 0 aliphatic carbocycles. The maximum Gasteiger partial charge on any atom is 0.204 e. The maximum absolute atomic E-state index is 12.7. The van der Waals surface area contributed by atoms with Crippen LogP contribution in [0.15, 0.2) is 28.7 Å². The number of carbonyl (C=O) groups excluding carboxylic acids is 1. The number of aryl methyl sites for hydroxylation is 1. The molecule has 110 valence electrons. The Hall–Kier alpha value is -0.780. The predicted octanol–water partition coefficient (Wildman–Crippen LogP) is 4.93. The number of ketones is 1. The van der Waals surface area contributed by atoms with Crippen molar-refractivity contribution >= 4 is 44.8 Å². The number of rotatable bonds is 4. The van der Waals surface area contributed by atoms with Crippen molar-refractivity contribution in [1.29, 1.82) is 0 Å². The molecule has 2 nitrogen and oxygen atoms in total. The molecule has 21 heavy (non-hydrogen) atoms. The molecule has 0 atom stereocenters. The molecule has 0 radical (unpaired) electrons. The second-order valence-corrected chi connectivity index (χ2v) is 7.86. The number of halogens is 1. The molecule has 3 rings (SSSR count). The molecule has 0 amide bonds. The largest absolute Gasteiger partial charge is 0.494 e. The lowest BCUT2D eigenvalue weighted by atomic mass is 10.1. The minimum Gasteiger partial charge on any atom is -0.494 e. The van der Waals surface area contributed by atoms with Crippen molar-refractivity contribution in [2.24, 2.45) is 0 Å². The average Bonchev–Trinajstić information content (AvgIpc) is 2.91. The molecular formula is C16H15BrO2S2. The molecule has 1 aromatic carbocycles. The lowest BCUT2D eigenvalue weighted by Gasteiger charge is -2.08. The Balaban J connectivity index is 1.89. The number of ether oxygens (including phenoxy) is 1. The molecule has 1 aromatic heterocycles. The highest BCUT2D eigenvalue weighted by Gasteiger charge is 2.20. The smallest absolute Gasteiger partial charge is 0.204 e. The van der Waals surface area contributed by atoms with Crippen LogP contribution >= 0.6 is 39.0 Å². The van der Waals surface area contributed by atoms with Crippen molar-refractivity contribution in [2.75, 3.05) is 12.4 Å². The topological polar surface area (TPSA) is 26.3 Å². The van der Waals surface area contributed by atoms with Crippen molar-refractivity contribution in [2.45, 2.75) is 19.1 Å². The molecule has 0 N–H and O–H groups in total. The summed E-state index contributed by atoms with van der Waals surface area (Å²) in [5, 5.41) is 0. The van der Waals surface area contributed by atoms with E-state index in [2.05, 4.69) is 22.0 Å². The quantitative estimate of drug-likeness (QED) is 0.701. The molecular weight excluding hydrogens is 368 g/mol. The molecule has 5 heteroatoms. The van der Waals surface area contributed by atoms with Crippen LogP contribution in [0.3, 0.4) is 0 Å². The summed E-state index contributed by atoms with van der Waals surface area (Å²) in [5.74, 6) is 3.06. The molecule has 2 heterocycles. The van der Waals surface area contributed by atoms with Crippen molar-refractivity contribution in [3.05, 3.63) is 49.6 Å². The lowest BCUT2D eigenvalue weighted by Crippen LogP contribution is -2.01. The summed E-state index contributed by atoms with van der Waals surface area (Å²) in [4.78, 5) is 14.9. The Morgan fingerprint density at radius 3 is 2.95 bits per heavy atom. The number of hydrogen-bond acceptors (Lipinski definition) is 4. The van der Waals surface area contributed by atoms with Crippen molar-refractivity contribution in [3.63, 3.8) is 0 Å². The number of carbonyl (C=O) groups is 1. The summed E-state index contributed by atoms with van der Waals surface area (Å²) in [5.41, 5.74) is 2.03. The number of thioether (sulfide) groups is 1. The van der Waals surface area contributed by atoms with Crippen LogP contribution in [-0.4, -0.2) is 18.1 Å². The third kappa shape index (κ3) is 3.20. The summed E-state index contributed by atoms with van der Waals surface area (Å²) in [6.45, 7) is 2.57. The van der Waals surface area contributed by atoms with Crippen LogP contribution in [-0.2, 0) is 12.2 Å². The average molecular weight is 383 g/mol. The van der Waals surface area contributed by atoms with Gasteiger partial charge in [0, 0.05) is 20.7 Å². The van der Waals surface area contributed by atoms with Gasteiger partial charge in [-0.3, -0.25) is 4.79 Å². The van der Waals surface area contributed by atoms with Gasteiger partial charge in [-0.2, -0.15) is 11.8 Å². The standard InChI is InChI=1S/C16H15BrO2S2/c1-2-19-11-3-4-12(13(17)8-11)16(18)15-7-10-9-20-6-5-14(10)21-15/h3-4,7-8H,2,5-6,9H2,1H3. The lowest BCUT2D eigenvalue weighted by molar-refractivity contribution is 0.104. The Morgan fingerprint density at radius 2 is 2.24 bits per heavy atom. The first-order valence-corrected chi connectivity index (χ1v) is 9.62. The van der Waals surface area contributed by atoms with Crippen molar-refractivity contribution < 1.29 is 9.53 Å². The molecule has 2 aromatic rings. The zero-order valence-electron chi connectivity index (χ0n) is 11.6. The molecule has 0 unspecified atom stereocenters. The molecule has 0 fully saturated rings.